The lowest BCUT2D eigenvalue weighted by molar-refractivity contribution is 0.102. The number of para-hydroxylation sites is 1. The molecule has 0 saturated heterocycles. The van der Waals surface area contributed by atoms with Gasteiger partial charge >= 0.3 is 0 Å². The summed E-state index contributed by atoms with van der Waals surface area (Å²) < 4.78 is 5.21. The van der Waals surface area contributed by atoms with Gasteiger partial charge in [-0.2, -0.15) is 0 Å². The molecule has 1 aromatic heterocycles. The Morgan fingerprint density at radius 2 is 2.05 bits per heavy atom. The van der Waals surface area contributed by atoms with Gasteiger partial charge in [0.1, 0.15) is 17.1 Å². The molecule has 1 heterocycles. The summed E-state index contributed by atoms with van der Waals surface area (Å²) in [5.41, 5.74) is 6.94. The fraction of sp³-hybridized carbons (Fsp3) is 0.0769. The van der Waals surface area contributed by atoms with Gasteiger partial charge in [0.15, 0.2) is 0 Å². The SMILES string of the molecule is COc1cccc(C(N)=S)c1NC(=O)c1cncnc1. The van der Waals surface area contributed by atoms with E-state index >= 15 is 0 Å². The molecule has 20 heavy (non-hydrogen) atoms. The summed E-state index contributed by atoms with van der Waals surface area (Å²) in [5, 5.41) is 2.72. The van der Waals surface area contributed by atoms with E-state index in [-0.39, 0.29) is 10.9 Å². The van der Waals surface area contributed by atoms with E-state index in [1.807, 2.05) is 0 Å². The third-order valence-electron chi connectivity index (χ3n) is 2.57. The fourth-order valence-corrected chi connectivity index (χ4v) is 1.81. The first-order chi connectivity index (χ1) is 9.63. The summed E-state index contributed by atoms with van der Waals surface area (Å²) in [5.74, 6) is 0.105. The second-order valence-electron chi connectivity index (χ2n) is 3.83. The van der Waals surface area contributed by atoms with Crippen LogP contribution in [0.15, 0.2) is 36.9 Å². The van der Waals surface area contributed by atoms with E-state index in [4.69, 9.17) is 22.7 Å². The van der Waals surface area contributed by atoms with Gasteiger partial charge in [-0.1, -0.05) is 18.3 Å². The van der Waals surface area contributed by atoms with Gasteiger partial charge in [0.2, 0.25) is 0 Å². The van der Waals surface area contributed by atoms with Crippen LogP contribution in [0, 0.1) is 0 Å². The number of aromatic nitrogens is 2. The van der Waals surface area contributed by atoms with Crippen molar-refractivity contribution in [3.8, 4) is 5.75 Å². The van der Waals surface area contributed by atoms with E-state index in [1.54, 1.807) is 18.2 Å². The van der Waals surface area contributed by atoms with Gasteiger partial charge in [-0.3, -0.25) is 4.79 Å². The van der Waals surface area contributed by atoms with Crippen LogP contribution in [0.3, 0.4) is 0 Å². The Labute approximate surface area is 121 Å². The summed E-state index contributed by atoms with van der Waals surface area (Å²) >= 11 is 4.97. The number of hydrogen-bond acceptors (Lipinski definition) is 5. The van der Waals surface area contributed by atoms with Crippen molar-refractivity contribution in [1.29, 1.82) is 0 Å². The molecule has 102 valence electrons. The number of methoxy groups -OCH3 is 1. The van der Waals surface area contributed by atoms with E-state index in [0.29, 0.717) is 22.6 Å². The van der Waals surface area contributed by atoms with E-state index < -0.39 is 0 Å². The summed E-state index contributed by atoms with van der Waals surface area (Å²) in [7, 11) is 1.50. The molecule has 0 aliphatic rings. The van der Waals surface area contributed by atoms with E-state index in [2.05, 4.69) is 15.3 Å². The van der Waals surface area contributed by atoms with Crippen molar-refractivity contribution in [3.05, 3.63) is 48.0 Å². The van der Waals surface area contributed by atoms with Crippen molar-refractivity contribution in [1.82, 2.24) is 9.97 Å². The van der Waals surface area contributed by atoms with Crippen LogP contribution in [0.5, 0.6) is 5.75 Å². The van der Waals surface area contributed by atoms with Crippen LogP contribution in [0.1, 0.15) is 15.9 Å². The van der Waals surface area contributed by atoms with Crippen LogP contribution in [0.25, 0.3) is 0 Å². The van der Waals surface area contributed by atoms with Crippen LogP contribution in [-0.2, 0) is 0 Å². The number of carbonyl (C=O) groups excluding carboxylic acids is 1. The standard InChI is InChI=1S/C13H12N4O2S/c1-19-10-4-2-3-9(12(14)20)11(10)17-13(18)8-5-15-7-16-6-8/h2-7H,1H3,(H2,14,20)(H,17,18). The van der Waals surface area contributed by atoms with Crippen LogP contribution in [0.4, 0.5) is 5.69 Å². The Morgan fingerprint density at radius 1 is 1.35 bits per heavy atom. The number of rotatable bonds is 4. The molecule has 6 nitrogen and oxygen atoms in total. The quantitative estimate of drug-likeness (QED) is 0.826. The minimum Gasteiger partial charge on any atom is -0.495 e. The largest absolute Gasteiger partial charge is 0.495 e. The number of nitrogens with one attached hydrogen (secondary N) is 1. The topological polar surface area (TPSA) is 90.1 Å². The van der Waals surface area contributed by atoms with Gasteiger partial charge in [0.25, 0.3) is 5.91 Å². The molecule has 1 amide bonds. The highest BCUT2D eigenvalue weighted by atomic mass is 32.1. The van der Waals surface area contributed by atoms with Gasteiger partial charge in [-0.05, 0) is 12.1 Å². The number of amides is 1. The van der Waals surface area contributed by atoms with Crippen LogP contribution < -0.4 is 15.8 Å². The number of ether oxygens (including phenoxy) is 1. The molecule has 3 N–H and O–H groups in total. The molecule has 0 bridgehead atoms. The zero-order valence-corrected chi connectivity index (χ0v) is 11.5. The molecule has 2 aromatic rings. The molecular formula is C13H12N4O2S. The fourth-order valence-electron chi connectivity index (χ4n) is 1.64. The van der Waals surface area contributed by atoms with Gasteiger partial charge in [-0.15, -0.1) is 0 Å². The second-order valence-corrected chi connectivity index (χ2v) is 4.27. The third-order valence-corrected chi connectivity index (χ3v) is 2.79. The predicted molar refractivity (Wildman–Crippen MR) is 78.9 cm³/mol. The summed E-state index contributed by atoms with van der Waals surface area (Å²) in [4.78, 5) is 19.9. The monoisotopic (exact) mass is 288 g/mol. The van der Waals surface area contributed by atoms with E-state index in [1.165, 1.54) is 25.8 Å². The first-order valence-electron chi connectivity index (χ1n) is 5.66. The number of thiocarbonyl (C=S) groups is 1. The molecule has 2 rings (SSSR count). The molecule has 0 radical (unpaired) electrons. The number of benzene rings is 1. The number of hydrogen-bond donors (Lipinski definition) is 2. The summed E-state index contributed by atoms with van der Waals surface area (Å²) in [6.45, 7) is 0. The van der Waals surface area contributed by atoms with Gasteiger partial charge < -0.3 is 15.8 Å². The Morgan fingerprint density at radius 3 is 2.65 bits per heavy atom. The lowest BCUT2D eigenvalue weighted by Crippen LogP contribution is -2.18. The van der Waals surface area contributed by atoms with Crippen molar-refractivity contribution < 1.29 is 9.53 Å². The maximum atomic E-state index is 12.1. The van der Waals surface area contributed by atoms with Crippen molar-refractivity contribution in [3.63, 3.8) is 0 Å². The van der Waals surface area contributed by atoms with Crippen molar-refractivity contribution in [2.45, 2.75) is 0 Å². The number of nitrogens with two attached hydrogens (primary N) is 1. The maximum absolute atomic E-state index is 12.1. The van der Waals surface area contributed by atoms with Crippen molar-refractivity contribution in [2.24, 2.45) is 5.73 Å². The lowest BCUT2D eigenvalue weighted by atomic mass is 10.1. The molecule has 0 atom stereocenters. The summed E-state index contributed by atoms with van der Waals surface area (Å²) in [6, 6.07) is 5.16. The van der Waals surface area contributed by atoms with Crippen molar-refractivity contribution in [2.75, 3.05) is 12.4 Å². The smallest absolute Gasteiger partial charge is 0.258 e. The first-order valence-corrected chi connectivity index (χ1v) is 6.07. The van der Waals surface area contributed by atoms with Gasteiger partial charge in [-0.25, -0.2) is 9.97 Å². The molecule has 0 aliphatic carbocycles. The second kappa shape index (κ2) is 6.07. The third kappa shape index (κ3) is 2.89. The normalized spacial score (nSPS) is 9.85. The Bertz CT molecular complexity index is 646. The molecule has 1 aromatic carbocycles. The average molecular weight is 288 g/mol. The van der Waals surface area contributed by atoms with E-state index in [9.17, 15) is 4.79 Å². The minimum atomic E-state index is -0.368. The number of anilines is 1. The molecule has 0 unspecified atom stereocenters. The molecule has 0 spiro atoms. The summed E-state index contributed by atoms with van der Waals surface area (Å²) in [6.07, 6.45) is 4.18. The van der Waals surface area contributed by atoms with Crippen LogP contribution in [0.2, 0.25) is 0 Å². The Kier molecular flexibility index (Phi) is 4.21. The van der Waals surface area contributed by atoms with Gasteiger partial charge in [0.05, 0.1) is 18.4 Å². The Balaban J connectivity index is 2.38. The highest BCUT2D eigenvalue weighted by Gasteiger charge is 2.15. The van der Waals surface area contributed by atoms with E-state index in [0.717, 1.165) is 0 Å². The molecule has 7 heteroatoms. The number of nitrogens with zero attached hydrogens (tertiary/aromatic N) is 2. The predicted octanol–water partition coefficient (Wildman–Crippen LogP) is 1.37. The molecule has 0 fully saturated rings. The lowest BCUT2D eigenvalue weighted by Gasteiger charge is -2.14. The van der Waals surface area contributed by atoms with Crippen molar-refractivity contribution >= 4 is 28.8 Å². The molecule has 0 saturated carbocycles. The first kappa shape index (κ1) is 13.9. The van der Waals surface area contributed by atoms with Gasteiger partial charge in [0, 0.05) is 18.0 Å². The Hall–Kier alpha value is -2.54. The highest BCUT2D eigenvalue weighted by Crippen LogP contribution is 2.28. The minimum absolute atomic E-state index is 0.170. The van der Waals surface area contributed by atoms with Crippen LogP contribution in [-0.4, -0.2) is 28.0 Å². The maximum Gasteiger partial charge on any atom is 0.258 e. The zero-order valence-electron chi connectivity index (χ0n) is 10.7. The average Bonchev–Trinajstić information content (AvgIpc) is 2.48. The zero-order chi connectivity index (χ0) is 14.5. The van der Waals surface area contributed by atoms with Crippen LogP contribution >= 0.6 is 12.2 Å². The number of carbonyl (C=O) groups is 1. The highest BCUT2D eigenvalue weighted by molar-refractivity contribution is 7.80. The molecular weight excluding hydrogens is 276 g/mol. The molecule has 0 aliphatic heterocycles.